The maximum atomic E-state index is 17.0. The Labute approximate surface area is 464 Å². The van der Waals surface area contributed by atoms with Crippen LogP contribution in [0.3, 0.4) is 0 Å². The average Bonchev–Trinajstić information content (AvgIpc) is 3.99. The minimum absolute atomic E-state index is 0.0259. The zero-order chi connectivity index (χ0) is 58.4. The highest BCUT2D eigenvalue weighted by atomic mass is 32.2. The number of allylic oxidation sites excluding steroid dienone is 1. The van der Waals surface area contributed by atoms with Crippen LogP contribution in [0.25, 0.3) is 33.4 Å². The number of nitrogens with one attached hydrogen (secondary N) is 2. The van der Waals surface area contributed by atoms with E-state index in [1.54, 1.807) is 51.7 Å². The molecule has 0 radical (unpaired) electrons. The summed E-state index contributed by atoms with van der Waals surface area (Å²) in [5, 5.41) is 7.21. The van der Waals surface area contributed by atoms with E-state index in [2.05, 4.69) is 10.7 Å². The van der Waals surface area contributed by atoms with Crippen molar-refractivity contribution >= 4 is 61.5 Å². The first-order chi connectivity index (χ1) is 37.4. The standard InChI is InChI=1S/C54H68F7N9O8S2/c1-30(2)46(66(6)49(72)33-18-32(19-33)11-17-80(8,75)76)48(71)64-41-23-44-63-42(26-79-44)36-21-35-38(24-52(4,5)29-78-51(74)40-10-9-12-70(65-40)50(41)73)47(69(28-54(59,60)61)43(35)22-39(36)55)37-20-34(25-62-45(37)31(3)77-7)68-15-13-67(14-16-68)27-53(56,57)58/h11,17,20-22,25-26,30-33,40-41,46,65H,9-10,12-16,18-19,23-24,27-29H2,1-8H3,(H,64,71)/b17-11+/t31-,32-,33-,40-,41-,46-/m0/s1. The van der Waals surface area contributed by atoms with Crippen LogP contribution in [-0.4, -0.2) is 158 Å². The molecule has 17 nitrogen and oxygen atoms in total. The van der Waals surface area contributed by atoms with Crippen molar-refractivity contribution < 1.29 is 67.8 Å². The van der Waals surface area contributed by atoms with Crippen molar-refractivity contribution in [1.82, 2.24) is 40.1 Å². The molecule has 26 heteroatoms. The summed E-state index contributed by atoms with van der Waals surface area (Å²) in [6, 6.07) is 0.620. The normalized spacial score (nSPS) is 22.5. The number of hydrogen-bond acceptors (Lipinski definition) is 14. The number of rotatable bonds is 13. The van der Waals surface area contributed by atoms with E-state index in [1.165, 1.54) is 46.6 Å². The number of esters is 1. The topological polar surface area (TPSA) is 189 Å². The molecule has 0 unspecified atom stereocenters. The highest BCUT2D eigenvalue weighted by molar-refractivity contribution is 7.93. The number of halogens is 7. The number of piperazine rings is 1. The molecule has 4 atom stereocenters. The van der Waals surface area contributed by atoms with Crippen LogP contribution < -0.4 is 15.6 Å². The van der Waals surface area contributed by atoms with Gasteiger partial charge in [0.1, 0.15) is 30.5 Å². The van der Waals surface area contributed by atoms with Gasteiger partial charge in [-0.05, 0) is 74.6 Å². The summed E-state index contributed by atoms with van der Waals surface area (Å²) in [4.78, 5) is 71.0. The second-order valence-electron chi connectivity index (χ2n) is 22.6. The van der Waals surface area contributed by atoms with Gasteiger partial charge in [-0.1, -0.05) is 33.8 Å². The molecule has 0 spiro atoms. The van der Waals surface area contributed by atoms with Gasteiger partial charge in [0.25, 0.3) is 5.91 Å². The Bertz CT molecular complexity index is 3110. The third kappa shape index (κ3) is 14.1. The molecule has 1 aliphatic carbocycles. The molecule has 1 saturated carbocycles. The summed E-state index contributed by atoms with van der Waals surface area (Å²) in [7, 11) is -0.462. The maximum absolute atomic E-state index is 17.0. The van der Waals surface area contributed by atoms with Crippen molar-refractivity contribution in [2.75, 3.05) is 71.2 Å². The second-order valence-corrected chi connectivity index (χ2v) is 25.5. The Hall–Kier alpha value is -5.70. The highest BCUT2D eigenvalue weighted by Gasteiger charge is 2.42. The molecule has 3 fully saturated rings. The molecule has 4 aliphatic rings. The number of methoxy groups -OCH3 is 1. The van der Waals surface area contributed by atoms with Gasteiger partial charge in [-0.3, -0.25) is 34.1 Å². The van der Waals surface area contributed by atoms with Crippen molar-refractivity contribution in [2.24, 2.45) is 23.2 Å². The van der Waals surface area contributed by atoms with E-state index in [0.29, 0.717) is 30.5 Å². The number of hydrogen-bond donors (Lipinski definition) is 2. The molecule has 6 bridgehead atoms. The number of carbonyl (C=O) groups is 4. The number of ether oxygens (including phenoxy) is 2. The van der Waals surface area contributed by atoms with Crippen LogP contribution in [0, 0.1) is 29.0 Å². The fourth-order valence-corrected chi connectivity index (χ4v) is 12.5. The van der Waals surface area contributed by atoms with Crippen molar-refractivity contribution in [3.8, 4) is 22.5 Å². The maximum Gasteiger partial charge on any atom is 0.406 e. The second kappa shape index (κ2) is 23.6. The Morgan fingerprint density at radius 3 is 2.34 bits per heavy atom. The molecule has 2 N–H and O–H groups in total. The zero-order valence-electron chi connectivity index (χ0n) is 45.8. The third-order valence-corrected chi connectivity index (χ3v) is 16.8. The van der Waals surface area contributed by atoms with Gasteiger partial charge in [0.2, 0.25) is 11.8 Å². The Morgan fingerprint density at radius 2 is 1.70 bits per heavy atom. The van der Waals surface area contributed by atoms with Crippen LogP contribution in [-0.2, 0) is 57.9 Å². The molecule has 438 valence electrons. The molecule has 4 aromatic rings. The lowest BCUT2D eigenvalue weighted by Gasteiger charge is -2.39. The van der Waals surface area contributed by atoms with Crippen LogP contribution >= 0.6 is 11.3 Å². The van der Waals surface area contributed by atoms with Crippen molar-refractivity contribution in [3.63, 3.8) is 0 Å². The van der Waals surface area contributed by atoms with E-state index >= 15 is 17.6 Å². The molecule has 8 rings (SSSR count). The van der Waals surface area contributed by atoms with E-state index in [4.69, 9.17) is 19.4 Å². The number of carbonyl (C=O) groups excluding carboxylic acids is 4. The first-order valence-electron chi connectivity index (χ1n) is 26.5. The largest absolute Gasteiger partial charge is 0.464 e. The Morgan fingerprint density at radius 1 is 1.01 bits per heavy atom. The average molecular weight is 1170 g/mol. The van der Waals surface area contributed by atoms with Crippen LogP contribution in [0.4, 0.5) is 36.4 Å². The van der Waals surface area contributed by atoms with E-state index < -0.39 is 100 Å². The number of alkyl halides is 6. The van der Waals surface area contributed by atoms with Crippen LogP contribution in [0.15, 0.2) is 41.3 Å². The number of fused-ring (bicyclic) bond motifs is 6. The van der Waals surface area contributed by atoms with Gasteiger partial charge in [0.05, 0.1) is 58.7 Å². The number of nitrogens with zero attached hydrogens (tertiary/aromatic N) is 7. The number of cyclic esters (lactones) is 1. The summed E-state index contributed by atoms with van der Waals surface area (Å²) < 4.78 is 138. The quantitative estimate of drug-likeness (QED) is 0.0983. The first kappa shape index (κ1) is 60.4. The molecule has 3 amide bonds. The van der Waals surface area contributed by atoms with Gasteiger partial charge >= 0.3 is 18.3 Å². The number of sulfone groups is 1. The number of aromatic nitrogens is 3. The number of benzene rings is 1. The Kier molecular flexibility index (Phi) is 17.9. The van der Waals surface area contributed by atoms with Gasteiger partial charge in [0, 0.05) is 98.2 Å². The van der Waals surface area contributed by atoms with Crippen molar-refractivity contribution in [3.05, 3.63) is 63.3 Å². The third-order valence-electron chi connectivity index (χ3n) is 15.2. The SMILES string of the molecule is CO[C@@H](C)c1ncc(N2CCN(CC(F)(F)F)CC2)cc1-c1c2c3cc(c(F)cc3n1CC(F)(F)F)-c1csc(n1)C[C@H](NC(=O)[C@H](C(C)C)N(C)C(=O)[C@H]1C[C@H](/C=C/S(C)(=O)=O)C1)C(=O)N1CCC[C@H](N1)C(=O)OCC(C)(C)C2. The van der Waals surface area contributed by atoms with Crippen LogP contribution in [0.5, 0.6) is 0 Å². The van der Waals surface area contributed by atoms with E-state index in [1.807, 2.05) is 0 Å². The zero-order valence-corrected chi connectivity index (χ0v) is 47.5. The number of thiazole rings is 1. The number of hydrazine groups is 1. The molecule has 6 heterocycles. The smallest absolute Gasteiger partial charge is 0.406 e. The molecule has 80 heavy (non-hydrogen) atoms. The van der Waals surface area contributed by atoms with Crippen molar-refractivity contribution in [2.45, 2.75) is 116 Å². The lowest BCUT2D eigenvalue weighted by atomic mass is 9.74. The van der Waals surface area contributed by atoms with Gasteiger partial charge < -0.3 is 29.2 Å². The number of pyridine rings is 1. The molecule has 1 aromatic carbocycles. The van der Waals surface area contributed by atoms with Gasteiger partial charge in [-0.2, -0.15) is 26.3 Å². The van der Waals surface area contributed by atoms with Gasteiger partial charge in [-0.25, -0.2) is 23.2 Å². The number of anilines is 1. The summed E-state index contributed by atoms with van der Waals surface area (Å²) in [6.07, 6.45) is -4.86. The minimum atomic E-state index is -4.85. The molecule has 3 aliphatic heterocycles. The molecular weight excluding hydrogens is 1100 g/mol. The van der Waals surface area contributed by atoms with Crippen molar-refractivity contribution in [1.29, 1.82) is 0 Å². The van der Waals surface area contributed by atoms with E-state index in [-0.39, 0.29) is 115 Å². The first-order valence-corrected chi connectivity index (χ1v) is 29.4. The van der Waals surface area contributed by atoms with Gasteiger partial charge in [-0.15, -0.1) is 11.3 Å². The summed E-state index contributed by atoms with van der Waals surface area (Å²) in [6.45, 7) is 6.27. The summed E-state index contributed by atoms with van der Waals surface area (Å²) >= 11 is 1.05. The highest BCUT2D eigenvalue weighted by Crippen LogP contribution is 2.45. The van der Waals surface area contributed by atoms with Gasteiger partial charge in [0.15, 0.2) is 9.84 Å². The van der Waals surface area contributed by atoms with E-state index in [0.717, 1.165) is 33.6 Å². The fraction of sp³-hybridized carbons (Fsp3) is 0.593. The number of amides is 3. The van der Waals surface area contributed by atoms with Crippen LogP contribution in [0.2, 0.25) is 0 Å². The minimum Gasteiger partial charge on any atom is -0.464 e. The predicted octanol–water partition coefficient (Wildman–Crippen LogP) is 7.64. The molecule has 3 aromatic heterocycles. The summed E-state index contributed by atoms with van der Waals surface area (Å²) in [5.41, 5.74) is 3.02. The Balaban J connectivity index is 1.21. The monoisotopic (exact) mass is 1170 g/mol. The van der Waals surface area contributed by atoms with E-state index in [9.17, 15) is 40.8 Å². The number of likely N-dealkylation sites (N-methyl/N-ethyl adjacent to an activating group) is 1. The fourth-order valence-electron chi connectivity index (χ4n) is 11.1. The lowest BCUT2D eigenvalue weighted by Crippen LogP contribution is -2.62. The summed E-state index contributed by atoms with van der Waals surface area (Å²) in [5.74, 6) is -4.34. The molecule has 2 saturated heterocycles. The lowest BCUT2D eigenvalue weighted by molar-refractivity contribution is -0.155. The molecular formula is C54H68F7N9O8S2. The van der Waals surface area contributed by atoms with Crippen LogP contribution in [0.1, 0.15) is 82.7 Å². The predicted molar refractivity (Wildman–Crippen MR) is 286 cm³/mol.